The van der Waals surface area contributed by atoms with Crippen molar-refractivity contribution < 1.29 is 18.7 Å². The summed E-state index contributed by atoms with van der Waals surface area (Å²) in [5.74, 6) is 0.324. The maximum absolute atomic E-state index is 13.3. The molecular formula is C20H22FN3O3. The molecule has 2 N–H and O–H groups in total. The molecule has 27 heavy (non-hydrogen) atoms. The Labute approximate surface area is 157 Å². The topological polar surface area (TPSA) is 70.7 Å². The number of carbonyl (C=O) groups is 2. The highest BCUT2D eigenvalue weighted by Gasteiger charge is 2.24. The molecule has 3 amide bonds. The zero-order chi connectivity index (χ0) is 19.4. The summed E-state index contributed by atoms with van der Waals surface area (Å²) in [4.78, 5) is 25.8. The van der Waals surface area contributed by atoms with Gasteiger partial charge in [-0.15, -0.1) is 0 Å². The number of carbonyl (C=O) groups excluding carboxylic acids is 2. The molecule has 1 aliphatic heterocycles. The molecule has 0 spiro atoms. The third-order valence-corrected chi connectivity index (χ3v) is 4.48. The van der Waals surface area contributed by atoms with E-state index in [1.807, 2.05) is 0 Å². The lowest BCUT2D eigenvalue weighted by atomic mass is 10.1. The van der Waals surface area contributed by atoms with Crippen molar-refractivity contribution in [1.82, 2.24) is 5.32 Å². The predicted octanol–water partition coefficient (Wildman–Crippen LogP) is 3.59. The number of hydrogen-bond donors (Lipinski definition) is 2. The van der Waals surface area contributed by atoms with Crippen LogP contribution < -0.4 is 20.3 Å². The Morgan fingerprint density at radius 1 is 1.26 bits per heavy atom. The van der Waals surface area contributed by atoms with Gasteiger partial charge in [0.05, 0.1) is 12.8 Å². The highest BCUT2D eigenvalue weighted by Crippen LogP contribution is 2.33. The average Bonchev–Trinajstić information content (AvgIpc) is 3.08. The number of methoxy groups -OCH3 is 1. The van der Waals surface area contributed by atoms with E-state index in [1.54, 1.807) is 42.2 Å². The summed E-state index contributed by atoms with van der Waals surface area (Å²) in [6, 6.07) is 9.50. The van der Waals surface area contributed by atoms with Crippen molar-refractivity contribution in [3.63, 3.8) is 0 Å². The summed E-state index contributed by atoms with van der Waals surface area (Å²) < 4.78 is 18.7. The van der Waals surface area contributed by atoms with Gasteiger partial charge in [-0.05, 0) is 42.7 Å². The van der Waals surface area contributed by atoms with Crippen LogP contribution in [0.5, 0.6) is 5.75 Å². The molecule has 0 atom stereocenters. The monoisotopic (exact) mass is 371 g/mol. The molecule has 142 valence electrons. The van der Waals surface area contributed by atoms with Gasteiger partial charge in [0.1, 0.15) is 11.6 Å². The van der Waals surface area contributed by atoms with Gasteiger partial charge in [-0.3, -0.25) is 4.79 Å². The Hall–Kier alpha value is -3.09. The Kier molecular flexibility index (Phi) is 5.59. The molecular weight excluding hydrogens is 349 g/mol. The number of urea groups is 1. The first-order valence-electron chi connectivity index (χ1n) is 8.76. The number of aryl methyl sites for hydroxylation is 1. The molecule has 1 fully saturated rings. The fraction of sp³-hybridized carbons (Fsp3) is 0.300. The first-order valence-corrected chi connectivity index (χ1v) is 8.76. The van der Waals surface area contributed by atoms with Gasteiger partial charge in [0.25, 0.3) is 0 Å². The number of hydrogen-bond acceptors (Lipinski definition) is 3. The van der Waals surface area contributed by atoms with E-state index in [4.69, 9.17) is 4.74 Å². The summed E-state index contributed by atoms with van der Waals surface area (Å²) in [6.07, 6.45) is 1.36. The van der Waals surface area contributed by atoms with Crippen molar-refractivity contribution >= 4 is 23.3 Å². The standard InChI is InChI=1S/C20H22FN3O3/c1-13-10-14(5-7-16(13)21)12-22-20(26)23-15-6-8-17(18(11-15)27-2)24-9-3-4-19(24)25/h5-8,10-11H,3-4,9,12H2,1-2H3,(H2,22,23,26). The number of anilines is 2. The number of benzene rings is 2. The van der Waals surface area contributed by atoms with Crippen LogP contribution in [0.4, 0.5) is 20.6 Å². The molecule has 1 heterocycles. The van der Waals surface area contributed by atoms with E-state index in [-0.39, 0.29) is 24.3 Å². The molecule has 1 saturated heterocycles. The average molecular weight is 371 g/mol. The van der Waals surface area contributed by atoms with Gasteiger partial charge in [-0.1, -0.05) is 12.1 Å². The van der Waals surface area contributed by atoms with Gasteiger partial charge in [0.2, 0.25) is 5.91 Å². The quantitative estimate of drug-likeness (QED) is 0.844. The van der Waals surface area contributed by atoms with Crippen LogP contribution in [0, 0.1) is 12.7 Å². The second-order valence-corrected chi connectivity index (χ2v) is 6.43. The number of nitrogens with one attached hydrogen (secondary N) is 2. The van der Waals surface area contributed by atoms with Crippen molar-refractivity contribution in [2.45, 2.75) is 26.3 Å². The molecule has 7 heteroatoms. The summed E-state index contributed by atoms with van der Waals surface area (Å²) in [5, 5.41) is 5.46. The third kappa shape index (κ3) is 4.36. The summed E-state index contributed by atoms with van der Waals surface area (Å²) in [7, 11) is 1.53. The van der Waals surface area contributed by atoms with E-state index >= 15 is 0 Å². The van der Waals surface area contributed by atoms with Crippen LogP contribution in [0.3, 0.4) is 0 Å². The first kappa shape index (κ1) is 18.7. The Morgan fingerprint density at radius 3 is 2.74 bits per heavy atom. The van der Waals surface area contributed by atoms with Crippen molar-refractivity contribution in [3.05, 3.63) is 53.3 Å². The molecule has 0 bridgehead atoms. The fourth-order valence-electron chi connectivity index (χ4n) is 3.06. The van der Waals surface area contributed by atoms with Crippen molar-refractivity contribution in [2.24, 2.45) is 0 Å². The predicted molar refractivity (Wildman–Crippen MR) is 102 cm³/mol. The van der Waals surface area contributed by atoms with E-state index in [0.717, 1.165) is 12.0 Å². The second kappa shape index (κ2) is 8.07. The number of ether oxygens (including phenoxy) is 1. The zero-order valence-corrected chi connectivity index (χ0v) is 15.3. The summed E-state index contributed by atoms with van der Waals surface area (Å²) in [6.45, 7) is 2.63. The van der Waals surface area contributed by atoms with Gasteiger partial charge in [-0.2, -0.15) is 0 Å². The maximum atomic E-state index is 13.3. The molecule has 0 unspecified atom stereocenters. The maximum Gasteiger partial charge on any atom is 0.319 e. The molecule has 0 aromatic heterocycles. The Bertz CT molecular complexity index is 870. The first-order chi connectivity index (χ1) is 13.0. The van der Waals surface area contributed by atoms with Crippen LogP contribution >= 0.6 is 0 Å². The number of rotatable bonds is 5. The Morgan fingerprint density at radius 2 is 2.07 bits per heavy atom. The smallest absolute Gasteiger partial charge is 0.319 e. The van der Waals surface area contributed by atoms with E-state index in [0.29, 0.717) is 35.7 Å². The van der Waals surface area contributed by atoms with Crippen LogP contribution in [0.25, 0.3) is 0 Å². The van der Waals surface area contributed by atoms with Gasteiger partial charge >= 0.3 is 6.03 Å². The van der Waals surface area contributed by atoms with Crippen LogP contribution in [0.15, 0.2) is 36.4 Å². The lowest BCUT2D eigenvalue weighted by Crippen LogP contribution is -2.28. The SMILES string of the molecule is COc1cc(NC(=O)NCc2ccc(F)c(C)c2)ccc1N1CCCC1=O. The highest BCUT2D eigenvalue weighted by atomic mass is 19.1. The number of halogens is 1. The molecule has 3 rings (SSSR count). The lowest BCUT2D eigenvalue weighted by Gasteiger charge is -2.19. The molecule has 0 saturated carbocycles. The molecule has 2 aromatic carbocycles. The minimum Gasteiger partial charge on any atom is -0.494 e. The van der Waals surface area contributed by atoms with Crippen LogP contribution in [-0.2, 0) is 11.3 Å². The molecule has 6 nitrogen and oxygen atoms in total. The van der Waals surface area contributed by atoms with Gasteiger partial charge in [0.15, 0.2) is 0 Å². The third-order valence-electron chi connectivity index (χ3n) is 4.48. The van der Waals surface area contributed by atoms with E-state index in [2.05, 4.69) is 10.6 Å². The van der Waals surface area contributed by atoms with Crippen LogP contribution in [-0.4, -0.2) is 25.6 Å². The summed E-state index contributed by atoms with van der Waals surface area (Å²) in [5.41, 5.74) is 2.60. The van der Waals surface area contributed by atoms with Crippen molar-refractivity contribution in [2.75, 3.05) is 23.9 Å². The normalized spacial score (nSPS) is 13.6. The van der Waals surface area contributed by atoms with E-state index in [1.165, 1.54) is 13.2 Å². The molecule has 0 radical (unpaired) electrons. The van der Waals surface area contributed by atoms with E-state index < -0.39 is 0 Å². The minimum atomic E-state index is -0.385. The second-order valence-electron chi connectivity index (χ2n) is 6.43. The van der Waals surface area contributed by atoms with Crippen molar-refractivity contribution in [3.8, 4) is 5.75 Å². The largest absolute Gasteiger partial charge is 0.494 e. The molecule has 0 aliphatic carbocycles. The number of amides is 3. The van der Waals surface area contributed by atoms with Crippen LogP contribution in [0.2, 0.25) is 0 Å². The number of nitrogens with zero attached hydrogens (tertiary/aromatic N) is 1. The van der Waals surface area contributed by atoms with Crippen LogP contribution in [0.1, 0.15) is 24.0 Å². The molecule has 1 aliphatic rings. The summed E-state index contributed by atoms with van der Waals surface area (Å²) >= 11 is 0. The highest BCUT2D eigenvalue weighted by molar-refractivity contribution is 5.97. The zero-order valence-electron chi connectivity index (χ0n) is 15.3. The van der Waals surface area contributed by atoms with Gasteiger partial charge in [-0.25, -0.2) is 9.18 Å². The fourth-order valence-corrected chi connectivity index (χ4v) is 3.06. The minimum absolute atomic E-state index is 0.0707. The van der Waals surface area contributed by atoms with Gasteiger partial charge < -0.3 is 20.3 Å². The lowest BCUT2D eigenvalue weighted by molar-refractivity contribution is -0.117. The van der Waals surface area contributed by atoms with E-state index in [9.17, 15) is 14.0 Å². The molecule has 2 aromatic rings. The Balaban J connectivity index is 1.63. The van der Waals surface area contributed by atoms with Crippen molar-refractivity contribution in [1.29, 1.82) is 0 Å². The van der Waals surface area contributed by atoms with Gasteiger partial charge in [0, 0.05) is 31.3 Å².